The molecular formula is C18H37N3. The van der Waals surface area contributed by atoms with Gasteiger partial charge in [-0.3, -0.25) is 4.90 Å². The minimum absolute atomic E-state index is 0.346. The zero-order valence-corrected chi connectivity index (χ0v) is 14.8. The molecule has 3 nitrogen and oxygen atoms in total. The summed E-state index contributed by atoms with van der Waals surface area (Å²) in [6.45, 7) is 17.0. The standard InChI is InChI=1S/C18H37N3/c1-5-10-19-17(18(2,3)4)15-20-13-9-16(14-20)21-11-7-6-8-12-21/h16-17,19H,5-15H2,1-4H3. The molecule has 2 fully saturated rings. The second-order valence-electron chi connectivity index (χ2n) is 8.17. The van der Waals surface area contributed by atoms with Crippen LogP contribution in [-0.4, -0.2) is 61.2 Å². The number of hydrogen-bond acceptors (Lipinski definition) is 3. The Balaban J connectivity index is 1.81. The minimum atomic E-state index is 0.346. The van der Waals surface area contributed by atoms with Gasteiger partial charge in [0.2, 0.25) is 0 Å². The van der Waals surface area contributed by atoms with E-state index in [1.54, 1.807) is 0 Å². The van der Waals surface area contributed by atoms with Crippen LogP contribution in [0.5, 0.6) is 0 Å². The van der Waals surface area contributed by atoms with Crippen LogP contribution in [0.3, 0.4) is 0 Å². The van der Waals surface area contributed by atoms with Gasteiger partial charge in [0, 0.05) is 25.2 Å². The molecule has 2 saturated heterocycles. The molecule has 2 aliphatic heterocycles. The lowest BCUT2D eigenvalue weighted by Gasteiger charge is -2.36. The smallest absolute Gasteiger partial charge is 0.0243 e. The van der Waals surface area contributed by atoms with Crippen molar-refractivity contribution in [3.63, 3.8) is 0 Å². The Kier molecular flexibility index (Phi) is 6.51. The highest BCUT2D eigenvalue weighted by Crippen LogP contribution is 2.24. The molecule has 2 atom stereocenters. The number of hydrogen-bond donors (Lipinski definition) is 1. The summed E-state index contributed by atoms with van der Waals surface area (Å²) in [6, 6.07) is 1.44. The molecule has 2 unspecified atom stereocenters. The fraction of sp³-hybridized carbons (Fsp3) is 1.00. The van der Waals surface area contributed by atoms with Gasteiger partial charge in [-0.2, -0.15) is 0 Å². The lowest BCUT2D eigenvalue weighted by molar-refractivity contribution is 0.149. The Morgan fingerprint density at radius 2 is 1.81 bits per heavy atom. The van der Waals surface area contributed by atoms with Crippen molar-refractivity contribution in [2.24, 2.45) is 5.41 Å². The topological polar surface area (TPSA) is 18.5 Å². The van der Waals surface area contributed by atoms with Crippen molar-refractivity contribution in [3.05, 3.63) is 0 Å². The van der Waals surface area contributed by atoms with Crippen LogP contribution in [0, 0.1) is 5.41 Å². The normalized spacial score (nSPS) is 27.1. The predicted molar refractivity (Wildman–Crippen MR) is 91.8 cm³/mol. The van der Waals surface area contributed by atoms with Gasteiger partial charge in [-0.25, -0.2) is 0 Å². The average Bonchev–Trinajstić information content (AvgIpc) is 2.92. The highest BCUT2D eigenvalue weighted by atomic mass is 15.3. The van der Waals surface area contributed by atoms with Gasteiger partial charge >= 0.3 is 0 Å². The summed E-state index contributed by atoms with van der Waals surface area (Å²) in [4.78, 5) is 5.47. The Bertz CT molecular complexity index is 291. The van der Waals surface area contributed by atoms with E-state index < -0.39 is 0 Å². The molecule has 0 aromatic carbocycles. The molecule has 0 radical (unpaired) electrons. The molecule has 21 heavy (non-hydrogen) atoms. The van der Waals surface area contributed by atoms with Crippen LogP contribution in [0.25, 0.3) is 0 Å². The van der Waals surface area contributed by atoms with Crippen molar-refractivity contribution < 1.29 is 0 Å². The van der Waals surface area contributed by atoms with Crippen LogP contribution in [0.15, 0.2) is 0 Å². The van der Waals surface area contributed by atoms with Gasteiger partial charge < -0.3 is 10.2 Å². The van der Waals surface area contributed by atoms with Gasteiger partial charge in [0.05, 0.1) is 0 Å². The lowest BCUT2D eigenvalue weighted by atomic mass is 9.86. The van der Waals surface area contributed by atoms with Gasteiger partial charge in [0.25, 0.3) is 0 Å². The summed E-state index contributed by atoms with van der Waals surface area (Å²) < 4.78 is 0. The minimum Gasteiger partial charge on any atom is -0.312 e. The average molecular weight is 296 g/mol. The monoisotopic (exact) mass is 295 g/mol. The first-order valence-electron chi connectivity index (χ1n) is 9.20. The first kappa shape index (κ1) is 17.2. The molecule has 1 N–H and O–H groups in total. The van der Waals surface area contributed by atoms with E-state index in [1.165, 1.54) is 64.8 Å². The molecule has 2 aliphatic rings. The number of rotatable bonds is 6. The summed E-state index contributed by atoms with van der Waals surface area (Å²) in [5, 5.41) is 3.78. The van der Waals surface area contributed by atoms with Crippen LogP contribution in [0.1, 0.15) is 59.8 Å². The molecule has 2 rings (SSSR count). The maximum atomic E-state index is 3.78. The maximum Gasteiger partial charge on any atom is 0.0243 e. The van der Waals surface area contributed by atoms with Crippen molar-refractivity contribution in [3.8, 4) is 0 Å². The Labute approximate surface area is 132 Å². The second kappa shape index (κ2) is 7.94. The van der Waals surface area contributed by atoms with E-state index in [0.29, 0.717) is 11.5 Å². The van der Waals surface area contributed by atoms with Crippen molar-refractivity contribution >= 4 is 0 Å². The zero-order chi connectivity index (χ0) is 15.3. The van der Waals surface area contributed by atoms with Crippen LogP contribution < -0.4 is 5.32 Å². The Morgan fingerprint density at radius 1 is 1.10 bits per heavy atom. The zero-order valence-electron chi connectivity index (χ0n) is 14.8. The highest BCUT2D eigenvalue weighted by Gasteiger charge is 2.32. The van der Waals surface area contributed by atoms with Crippen molar-refractivity contribution in [1.29, 1.82) is 0 Å². The van der Waals surface area contributed by atoms with Crippen molar-refractivity contribution in [2.45, 2.75) is 71.9 Å². The number of piperidine rings is 1. The SMILES string of the molecule is CCCNC(CN1CCC(N2CCCCC2)C1)C(C)(C)C. The van der Waals surface area contributed by atoms with E-state index in [1.807, 2.05) is 0 Å². The molecule has 0 saturated carbocycles. The second-order valence-corrected chi connectivity index (χ2v) is 8.17. The summed E-state index contributed by atoms with van der Waals surface area (Å²) in [6.07, 6.45) is 6.88. The summed E-state index contributed by atoms with van der Waals surface area (Å²) in [7, 11) is 0. The van der Waals surface area contributed by atoms with Gasteiger partial charge in [0.15, 0.2) is 0 Å². The predicted octanol–water partition coefficient (Wildman–Crippen LogP) is 2.96. The molecule has 0 aromatic rings. The van der Waals surface area contributed by atoms with Crippen LogP contribution in [0.2, 0.25) is 0 Å². The summed E-state index contributed by atoms with van der Waals surface area (Å²) in [5.74, 6) is 0. The van der Waals surface area contributed by atoms with Crippen molar-refractivity contribution in [2.75, 3.05) is 39.3 Å². The molecule has 3 heteroatoms. The molecule has 0 amide bonds. The number of nitrogens with one attached hydrogen (secondary N) is 1. The molecule has 0 aliphatic carbocycles. The molecule has 124 valence electrons. The molecule has 2 heterocycles. The van der Waals surface area contributed by atoms with Gasteiger partial charge in [0.1, 0.15) is 0 Å². The van der Waals surface area contributed by atoms with E-state index in [2.05, 4.69) is 42.8 Å². The van der Waals surface area contributed by atoms with E-state index in [9.17, 15) is 0 Å². The quantitative estimate of drug-likeness (QED) is 0.813. The van der Waals surface area contributed by atoms with Gasteiger partial charge in [-0.1, -0.05) is 34.1 Å². The fourth-order valence-electron chi connectivity index (χ4n) is 3.78. The molecule has 0 spiro atoms. The van der Waals surface area contributed by atoms with Crippen molar-refractivity contribution in [1.82, 2.24) is 15.1 Å². The third kappa shape index (κ3) is 5.22. The first-order valence-corrected chi connectivity index (χ1v) is 9.20. The summed E-state index contributed by atoms with van der Waals surface area (Å²) >= 11 is 0. The summed E-state index contributed by atoms with van der Waals surface area (Å²) in [5.41, 5.74) is 0.346. The van der Waals surface area contributed by atoms with Crippen LogP contribution >= 0.6 is 0 Å². The number of nitrogens with zero attached hydrogens (tertiary/aromatic N) is 2. The molecule has 0 aromatic heterocycles. The van der Waals surface area contributed by atoms with Gasteiger partial charge in [-0.05, 0) is 57.3 Å². The largest absolute Gasteiger partial charge is 0.312 e. The third-order valence-electron chi connectivity index (χ3n) is 5.28. The lowest BCUT2D eigenvalue weighted by Crippen LogP contribution is -2.49. The number of likely N-dealkylation sites (tertiary alicyclic amines) is 2. The molecular weight excluding hydrogens is 258 g/mol. The van der Waals surface area contributed by atoms with E-state index >= 15 is 0 Å². The third-order valence-corrected chi connectivity index (χ3v) is 5.28. The molecule has 0 bridgehead atoms. The van der Waals surface area contributed by atoms with Crippen LogP contribution in [-0.2, 0) is 0 Å². The fourth-order valence-corrected chi connectivity index (χ4v) is 3.78. The van der Waals surface area contributed by atoms with E-state index in [-0.39, 0.29) is 0 Å². The Morgan fingerprint density at radius 3 is 2.43 bits per heavy atom. The Hall–Kier alpha value is -0.120. The van der Waals surface area contributed by atoms with E-state index in [0.717, 1.165) is 12.6 Å². The van der Waals surface area contributed by atoms with Crippen LogP contribution in [0.4, 0.5) is 0 Å². The highest BCUT2D eigenvalue weighted by molar-refractivity contribution is 4.89. The maximum absolute atomic E-state index is 3.78. The van der Waals surface area contributed by atoms with Gasteiger partial charge in [-0.15, -0.1) is 0 Å². The van der Waals surface area contributed by atoms with E-state index in [4.69, 9.17) is 0 Å². The first-order chi connectivity index (χ1) is 10.0.